The van der Waals surface area contributed by atoms with Crippen molar-refractivity contribution in [2.75, 3.05) is 5.32 Å². The van der Waals surface area contributed by atoms with E-state index >= 15 is 0 Å². The topological polar surface area (TPSA) is 85.3 Å². The molecule has 4 rings (SSSR count). The van der Waals surface area contributed by atoms with Gasteiger partial charge in [0.2, 0.25) is 5.89 Å². The van der Waals surface area contributed by atoms with Crippen LogP contribution in [0.4, 0.5) is 5.69 Å². The monoisotopic (exact) mass is 333 g/mol. The number of carbonyl (C=O) groups is 1. The fourth-order valence-corrected chi connectivity index (χ4v) is 2.69. The Hall–Kier alpha value is -3.48. The maximum absolute atomic E-state index is 12.6. The van der Waals surface area contributed by atoms with Gasteiger partial charge >= 0.3 is 0 Å². The van der Waals surface area contributed by atoms with Crippen molar-refractivity contribution in [1.29, 1.82) is 0 Å². The molecule has 0 radical (unpaired) electrons. The summed E-state index contributed by atoms with van der Waals surface area (Å²) in [5.74, 6) is 0.233. The molecule has 0 bridgehead atoms. The maximum atomic E-state index is 12.6. The number of benzene rings is 1. The van der Waals surface area contributed by atoms with Gasteiger partial charge in [-0.1, -0.05) is 0 Å². The minimum absolute atomic E-state index is 0.295. The second-order valence-electron chi connectivity index (χ2n) is 5.69. The molecule has 0 aliphatic rings. The molecule has 25 heavy (non-hydrogen) atoms. The Labute approximate surface area is 143 Å². The van der Waals surface area contributed by atoms with Gasteiger partial charge in [-0.2, -0.15) is 0 Å². The molecule has 7 heteroatoms. The first-order valence-corrected chi connectivity index (χ1v) is 7.74. The van der Waals surface area contributed by atoms with Gasteiger partial charge in [0.1, 0.15) is 12.6 Å². The van der Waals surface area contributed by atoms with Gasteiger partial charge in [0, 0.05) is 22.6 Å². The highest BCUT2D eigenvalue weighted by Gasteiger charge is 2.16. The number of hydrogen-bond acceptors (Lipinski definition) is 5. The molecular formula is C18H15N5O2. The van der Waals surface area contributed by atoms with Crippen molar-refractivity contribution in [3.05, 3.63) is 66.2 Å². The van der Waals surface area contributed by atoms with E-state index in [2.05, 4.69) is 20.3 Å². The standard InChI is InChI=1S/C18H15N5O2/c1-11-9-12(2)23-10-20-15(16(23)21-11)17(24)22-14-5-3-13(4-6-14)18-19-7-8-25-18/h3-10H,1-2H3,(H,22,24). The van der Waals surface area contributed by atoms with E-state index in [1.165, 1.54) is 6.26 Å². The Kier molecular flexibility index (Phi) is 3.53. The van der Waals surface area contributed by atoms with Crippen LogP contribution in [0.2, 0.25) is 0 Å². The lowest BCUT2D eigenvalue weighted by atomic mass is 10.2. The van der Waals surface area contributed by atoms with Gasteiger partial charge in [0.05, 0.1) is 6.20 Å². The molecule has 7 nitrogen and oxygen atoms in total. The van der Waals surface area contributed by atoms with E-state index in [-0.39, 0.29) is 5.91 Å². The van der Waals surface area contributed by atoms with Crippen LogP contribution in [0, 0.1) is 13.8 Å². The Bertz CT molecular complexity index is 1050. The number of carbonyl (C=O) groups excluding carboxylic acids is 1. The number of oxazole rings is 1. The lowest BCUT2D eigenvalue weighted by Crippen LogP contribution is -2.13. The van der Waals surface area contributed by atoms with E-state index in [0.717, 1.165) is 17.0 Å². The average Bonchev–Trinajstić information content (AvgIpc) is 3.25. The second-order valence-corrected chi connectivity index (χ2v) is 5.69. The summed E-state index contributed by atoms with van der Waals surface area (Å²) in [6.07, 6.45) is 4.72. The van der Waals surface area contributed by atoms with Crippen LogP contribution in [0.3, 0.4) is 0 Å². The average molecular weight is 333 g/mol. The zero-order chi connectivity index (χ0) is 17.4. The molecule has 0 saturated carbocycles. The van der Waals surface area contributed by atoms with E-state index in [4.69, 9.17) is 4.42 Å². The molecule has 0 aliphatic heterocycles. The summed E-state index contributed by atoms with van der Waals surface area (Å²) in [6, 6.07) is 9.19. The largest absolute Gasteiger partial charge is 0.445 e. The van der Waals surface area contributed by atoms with Crippen LogP contribution < -0.4 is 5.32 Å². The molecule has 3 aromatic heterocycles. The minimum Gasteiger partial charge on any atom is -0.445 e. The van der Waals surface area contributed by atoms with Crippen LogP contribution in [0.25, 0.3) is 17.1 Å². The molecule has 0 aliphatic carbocycles. The van der Waals surface area contributed by atoms with Crippen LogP contribution in [0.15, 0.2) is 53.5 Å². The summed E-state index contributed by atoms with van der Waals surface area (Å²) >= 11 is 0. The number of amides is 1. The van der Waals surface area contributed by atoms with Gasteiger partial charge in [-0.25, -0.2) is 15.0 Å². The Morgan fingerprint density at radius 1 is 1.16 bits per heavy atom. The maximum Gasteiger partial charge on any atom is 0.278 e. The van der Waals surface area contributed by atoms with Gasteiger partial charge in [-0.15, -0.1) is 0 Å². The Morgan fingerprint density at radius 3 is 2.68 bits per heavy atom. The third-order valence-electron chi connectivity index (χ3n) is 3.86. The number of hydrogen-bond donors (Lipinski definition) is 1. The predicted octanol–water partition coefficient (Wildman–Crippen LogP) is 3.25. The van der Waals surface area contributed by atoms with E-state index in [0.29, 0.717) is 22.9 Å². The number of aromatic nitrogens is 4. The van der Waals surface area contributed by atoms with Crippen molar-refractivity contribution in [3.8, 4) is 11.5 Å². The summed E-state index contributed by atoms with van der Waals surface area (Å²) in [5, 5.41) is 2.84. The number of nitrogens with zero attached hydrogens (tertiary/aromatic N) is 4. The van der Waals surface area contributed by atoms with E-state index in [1.807, 2.05) is 32.0 Å². The molecule has 4 aromatic rings. The Balaban J connectivity index is 1.60. The van der Waals surface area contributed by atoms with Crippen molar-refractivity contribution in [3.63, 3.8) is 0 Å². The summed E-state index contributed by atoms with van der Waals surface area (Å²) in [5.41, 5.74) is 4.16. The molecule has 1 aromatic carbocycles. The van der Waals surface area contributed by atoms with Gasteiger partial charge in [0.15, 0.2) is 11.3 Å². The van der Waals surface area contributed by atoms with Crippen LogP contribution in [-0.2, 0) is 0 Å². The quantitative estimate of drug-likeness (QED) is 0.622. The summed E-state index contributed by atoms with van der Waals surface area (Å²) < 4.78 is 7.05. The Morgan fingerprint density at radius 2 is 1.96 bits per heavy atom. The molecule has 1 N–H and O–H groups in total. The minimum atomic E-state index is -0.302. The van der Waals surface area contributed by atoms with Gasteiger partial charge in [-0.05, 0) is 44.2 Å². The first-order chi connectivity index (χ1) is 12.1. The second kappa shape index (κ2) is 5.86. The number of rotatable bonds is 3. The third-order valence-corrected chi connectivity index (χ3v) is 3.86. The normalized spacial score (nSPS) is 11.0. The number of anilines is 1. The number of imidazole rings is 1. The first kappa shape index (κ1) is 15.1. The van der Waals surface area contributed by atoms with E-state index < -0.39 is 0 Å². The zero-order valence-electron chi connectivity index (χ0n) is 13.7. The van der Waals surface area contributed by atoms with Crippen molar-refractivity contribution >= 4 is 17.2 Å². The highest BCUT2D eigenvalue weighted by Crippen LogP contribution is 2.20. The van der Waals surface area contributed by atoms with Crippen molar-refractivity contribution in [2.45, 2.75) is 13.8 Å². The first-order valence-electron chi connectivity index (χ1n) is 7.74. The van der Waals surface area contributed by atoms with E-state index in [9.17, 15) is 4.79 Å². The lowest BCUT2D eigenvalue weighted by Gasteiger charge is -2.05. The van der Waals surface area contributed by atoms with Crippen molar-refractivity contribution in [1.82, 2.24) is 19.4 Å². The van der Waals surface area contributed by atoms with Crippen LogP contribution in [0.5, 0.6) is 0 Å². The molecule has 0 atom stereocenters. The fraction of sp³-hybridized carbons (Fsp3) is 0.111. The van der Waals surface area contributed by atoms with Gasteiger partial charge < -0.3 is 9.73 Å². The zero-order valence-corrected chi connectivity index (χ0v) is 13.7. The molecular weight excluding hydrogens is 318 g/mol. The molecule has 124 valence electrons. The van der Waals surface area contributed by atoms with Crippen molar-refractivity contribution in [2.24, 2.45) is 0 Å². The fourth-order valence-electron chi connectivity index (χ4n) is 2.69. The summed E-state index contributed by atoms with van der Waals surface area (Å²) in [6.45, 7) is 3.84. The van der Waals surface area contributed by atoms with Crippen molar-refractivity contribution < 1.29 is 9.21 Å². The highest BCUT2D eigenvalue weighted by atomic mass is 16.3. The molecule has 1 amide bonds. The number of fused-ring (bicyclic) bond motifs is 1. The summed E-state index contributed by atoms with van der Waals surface area (Å²) in [7, 11) is 0. The van der Waals surface area contributed by atoms with E-state index in [1.54, 1.807) is 29.1 Å². The predicted molar refractivity (Wildman–Crippen MR) is 92.4 cm³/mol. The highest BCUT2D eigenvalue weighted by molar-refractivity contribution is 6.06. The van der Waals surface area contributed by atoms with Gasteiger partial charge in [-0.3, -0.25) is 9.20 Å². The third kappa shape index (κ3) is 2.76. The molecule has 0 spiro atoms. The molecule has 3 heterocycles. The van der Waals surface area contributed by atoms with Crippen LogP contribution in [-0.4, -0.2) is 25.3 Å². The number of nitrogens with one attached hydrogen (secondary N) is 1. The van der Waals surface area contributed by atoms with Crippen LogP contribution >= 0.6 is 0 Å². The molecule has 0 saturated heterocycles. The summed E-state index contributed by atoms with van der Waals surface area (Å²) in [4.78, 5) is 25.3. The molecule has 0 fully saturated rings. The smallest absolute Gasteiger partial charge is 0.278 e. The molecule has 0 unspecified atom stereocenters. The van der Waals surface area contributed by atoms with Gasteiger partial charge in [0.25, 0.3) is 5.91 Å². The lowest BCUT2D eigenvalue weighted by molar-refractivity contribution is 0.102. The van der Waals surface area contributed by atoms with Crippen LogP contribution in [0.1, 0.15) is 21.9 Å². The number of aryl methyl sites for hydroxylation is 2. The SMILES string of the molecule is Cc1cc(C)n2cnc(C(=O)Nc3ccc(-c4ncco4)cc3)c2n1.